The molecule has 3 amide bonds. The number of ether oxygens (including phenoxy) is 2. The van der Waals surface area contributed by atoms with Crippen LogP contribution in [0.15, 0.2) is 30.3 Å². The number of carbonyl (C=O) groups excluding carboxylic acids is 2. The molecule has 0 bridgehead atoms. The van der Waals surface area contributed by atoms with Crippen molar-refractivity contribution in [1.82, 2.24) is 5.32 Å². The van der Waals surface area contributed by atoms with Gasteiger partial charge in [-0.05, 0) is 61.6 Å². The van der Waals surface area contributed by atoms with Crippen molar-refractivity contribution in [3.05, 3.63) is 52.8 Å². The minimum atomic E-state index is -0.557. The van der Waals surface area contributed by atoms with E-state index in [0.717, 1.165) is 31.6 Å². The number of piperidine rings is 1. The van der Waals surface area contributed by atoms with Crippen LogP contribution in [-0.2, 0) is 17.8 Å². The predicted octanol–water partition coefficient (Wildman–Crippen LogP) is 3.15. The van der Waals surface area contributed by atoms with Gasteiger partial charge in [-0.2, -0.15) is 0 Å². The van der Waals surface area contributed by atoms with Gasteiger partial charge in [0.1, 0.15) is 11.6 Å². The molecule has 2 aliphatic rings. The topological polar surface area (TPSA) is 106 Å². The Labute approximate surface area is 185 Å². The molecule has 2 aliphatic heterocycles. The normalized spacial score (nSPS) is 15.5. The predicted molar refractivity (Wildman–Crippen MR) is 118 cm³/mol. The largest absolute Gasteiger partial charge is 0.467 e. The molecule has 32 heavy (non-hydrogen) atoms. The van der Waals surface area contributed by atoms with Crippen molar-refractivity contribution in [3.8, 4) is 5.75 Å². The maximum absolute atomic E-state index is 13.9. The number of nitrogens with two attached hydrogens (primary N) is 1. The minimum Gasteiger partial charge on any atom is -0.467 e. The first-order valence-corrected chi connectivity index (χ1v) is 10.8. The monoisotopic (exact) mass is 442 g/mol. The molecule has 0 spiro atoms. The van der Waals surface area contributed by atoms with Gasteiger partial charge >= 0.3 is 6.03 Å². The molecular formula is C23H27FN4O4. The summed E-state index contributed by atoms with van der Waals surface area (Å²) in [5.74, 6) is -0.313. The van der Waals surface area contributed by atoms with Gasteiger partial charge in [0, 0.05) is 30.8 Å². The average Bonchev–Trinajstić information content (AvgIpc) is 2.79. The second-order valence-electron chi connectivity index (χ2n) is 7.94. The van der Waals surface area contributed by atoms with Crippen molar-refractivity contribution in [2.24, 2.45) is 5.73 Å². The van der Waals surface area contributed by atoms with Crippen molar-refractivity contribution < 1.29 is 23.5 Å². The fourth-order valence-electron chi connectivity index (χ4n) is 4.12. The summed E-state index contributed by atoms with van der Waals surface area (Å²) in [7, 11) is 0. The number of nitrogens with zero attached hydrogens (tertiary/aromatic N) is 1. The van der Waals surface area contributed by atoms with Gasteiger partial charge < -0.3 is 30.7 Å². The Morgan fingerprint density at radius 3 is 2.72 bits per heavy atom. The molecule has 0 saturated carbocycles. The van der Waals surface area contributed by atoms with Crippen molar-refractivity contribution in [3.63, 3.8) is 0 Å². The van der Waals surface area contributed by atoms with Crippen molar-refractivity contribution in [1.29, 1.82) is 0 Å². The molecule has 0 aliphatic carbocycles. The average molecular weight is 442 g/mol. The molecule has 0 atom stereocenters. The number of rotatable bonds is 6. The van der Waals surface area contributed by atoms with Crippen LogP contribution >= 0.6 is 0 Å². The standard InChI is InChI=1S/C23H27FN4O4/c24-18-10-15(21-17(11-18)13-31-14-32-21)6-7-26-23(30)27-19-12-16(22(25)29)4-5-20(19)28-8-2-1-3-9-28/h4-5,10-12H,1-3,6-9,13-14H2,(H2,25,29)(H2,26,27,30). The van der Waals surface area contributed by atoms with Gasteiger partial charge in [-0.3, -0.25) is 4.79 Å². The maximum atomic E-state index is 13.9. The number of benzene rings is 2. The molecule has 4 N–H and O–H groups in total. The molecule has 2 aromatic carbocycles. The van der Waals surface area contributed by atoms with E-state index in [1.54, 1.807) is 12.1 Å². The van der Waals surface area contributed by atoms with Crippen LogP contribution in [0.25, 0.3) is 0 Å². The number of hydrogen-bond acceptors (Lipinski definition) is 5. The fourth-order valence-corrected chi connectivity index (χ4v) is 4.12. The molecule has 0 radical (unpaired) electrons. The zero-order chi connectivity index (χ0) is 22.5. The Hall–Kier alpha value is -3.33. The van der Waals surface area contributed by atoms with E-state index < -0.39 is 11.9 Å². The number of amides is 3. The van der Waals surface area contributed by atoms with E-state index in [9.17, 15) is 14.0 Å². The zero-order valence-electron chi connectivity index (χ0n) is 17.8. The molecule has 9 heteroatoms. The molecule has 2 heterocycles. The van der Waals surface area contributed by atoms with Gasteiger partial charge in [-0.15, -0.1) is 0 Å². The molecule has 170 valence electrons. The van der Waals surface area contributed by atoms with Crippen LogP contribution in [-0.4, -0.2) is 38.4 Å². The molecule has 0 unspecified atom stereocenters. The molecule has 1 saturated heterocycles. The fraction of sp³-hybridized carbons (Fsp3) is 0.391. The second-order valence-corrected chi connectivity index (χ2v) is 7.94. The number of primary amides is 1. The van der Waals surface area contributed by atoms with Crippen LogP contribution in [0.4, 0.5) is 20.6 Å². The highest BCUT2D eigenvalue weighted by atomic mass is 19.1. The van der Waals surface area contributed by atoms with Gasteiger partial charge in [0.25, 0.3) is 0 Å². The SMILES string of the molecule is NC(=O)c1ccc(N2CCCCC2)c(NC(=O)NCCc2cc(F)cc3c2OCOC3)c1. The van der Waals surface area contributed by atoms with Crippen molar-refractivity contribution >= 4 is 23.3 Å². The molecular weight excluding hydrogens is 415 g/mol. The maximum Gasteiger partial charge on any atom is 0.319 e. The molecule has 8 nitrogen and oxygen atoms in total. The summed E-state index contributed by atoms with van der Waals surface area (Å²) in [5, 5.41) is 5.63. The van der Waals surface area contributed by atoms with Crippen molar-refractivity contribution in [2.75, 3.05) is 36.6 Å². The first-order valence-electron chi connectivity index (χ1n) is 10.8. The number of hydrogen-bond donors (Lipinski definition) is 3. The van der Waals surface area contributed by atoms with Crippen LogP contribution in [0.1, 0.15) is 40.7 Å². The third-order valence-electron chi connectivity index (χ3n) is 5.66. The highest BCUT2D eigenvalue weighted by Gasteiger charge is 2.19. The second kappa shape index (κ2) is 9.86. The summed E-state index contributed by atoms with van der Waals surface area (Å²) >= 11 is 0. The highest BCUT2D eigenvalue weighted by molar-refractivity contribution is 5.98. The van der Waals surface area contributed by atoms with Gasteiger partial charge in [0.05, 0.1) is 18.0 Å². The van der Waals surface area contributed by atoms with Gasteiger partial charge in [0.15, 0.2) is 6.79 Å². The summed E-state index contributed by atoms with van der Waals surface area (Å²) < 4.78 is 24.6. The molecule has 1 fully saturated rings. The summed E-state index contributed by atoms with van der Waals surface area (Å²) in [5.41, 5.74) is 8.47. The summed E-state index contributed by atoms with van der Waals surface area (Å²) in [6.07, 6.45) is 3.73. The number of urea groups is 1. The first-order chi connectivity index (χ1) is 15.5. The Morgan fingerprint density at radius 2 is 1.94 bits per heavy atom. The van der Waals surface area contributed by atoms with E-state index >= 15 is 0 Å². The molecule has 4 rings (SSSR count). The number of carbonyl (C=O) groups is 2. The van der Waals surface area contributed by atoms with Crippen LogP contribution in [0.3, 0.4) is 0 Å². The first kappa shape index (κ1) is 21.9. The van der Waals surface area contributed by atoms with Gasteiger partial charge in [0.2, 0.25) is 5.91 Å². The Kier molecular flexibility index (Phi) is 6.75. The summed E-state index contributed by atoms with van der Waals surface area (Å²) in [6.45, 7) is 2.47. The van der Waals surface area contributed by atoms with Crippen LogP contribution in [0, 0.1) is 5.82 Å². The third kappa shape index (κ3) is 5.11. The van der Waals surface area contributed by atoms with Crippen LogP contribution in [0.2, 0.25) is 0 Å². The molecule has 2 aromatic rings. The number of anilines is 2. The van der Waals surface area contributed by atoms with E-state index in [4.69, 9.17) is 15.2 Å². The Balaban J connectivity index is 1.42. The van der Waals surface area contributed by atoms with E-state index in [0.29, 0.717) is 41.2 Å². The van der Waals surface area contributed by atoms with E-state index in [2.05, 4.69) is 15.5 Å². The third-order valence-corrected chi connectivity index (χ3v) is 5.66. The number of halogens is 1. The van der Waals surface area contributed by atoms with E-state index in [1.165, 1.54) is 18.6 Å². The lowest BCUT2D eigenvalue weighted by atomic mass is 10.1. The lowest BCUT2D eigenvalue weighted by Crippen LogP contribution is -2.33. The highest BCUT2D eigenvalue weighted by Crippen LogP contribution is 2.31. The van der Waals surface area contributed by atoms with Crippen LogP contribution < -0.4 is 26.0 Å². The van der Waals surface area contributed by atoms with Crippen molar-refractivity contribution in [2.45, 2.75) is 32.3 Å². The lowest BCUT2D eigenvalue weighted by Gasteiger charge is -2.30. The quantitative estimate of drug-likeness (QED) is 0.637. The van der Waals surface area contributed by atoms with Crippen LogP contribution in [0.5, 0.6) is 5.75 Å². The Bertz CT molecular complexity index is 1010. The Morgan fingerprint density at radius 1 is 1.12 bits per heavy atom. The number of fused-ring (bicyclic) bond motifs is 1. The smallest absolute Gasteiger partial charge is 0.319 e. The van der Waals surface area contributed by atoms with Gasteiger partial charge in [-0.25, -0.2) is 9.18 Å². The summed E-state index contributed by atoms with van der Waals surface area (Å²) in [4.78, 5) is 26.4. The molecule has 0 aromatic heterocycles. The zero-order valence-corrected chi connectivity index (χ0v) is 17.8. The lowest BCUT2D eigenvalue weighted by molar-refractivity contribution is -0.0172. The summed E-state index contributed by atoms with van der Waals surface area (Å²) in [6, 6.07) is 7.48. The van der Waals surface area contributed by atoms with E-state index in [1.807, 2.05) is 6.07 Å². The number of nitrogens with one attached hydrogen (secondary N) is 2. The van der Waals surface area contributed by atoms with E-state index in [-0.39, 0.29) is 19.2 Å². The van der Waals surface area contributed by atoms with Gasteiger partial charge in [-0.1, -0.05) is 0 Å². The minimum absolute atomic E-state index is 0.120.